The summed E-state index contributed by atoms with van der Waals surface area (Å²) in [6.45, 7) is 1.46. The summed E-state index contributed by atoms with van der Waals surface area (Å²) >= 11 is 0. The molecule has 2 aliphatic rings. The zero-order valence-electron chi connectivity index (χ0n) is 5.65. The molecule has 2 saturated heterocycles. The largest absolute Gasteiger partial charge is 0.394 e. The van der Waals surface area contributed by atoms with Crippen LogP contribution in [0.5, 0.6) is 0 Å². The number of rotatable bonds is 1. The molecule has 0 aliphatic carbocycles. The fraction of sp³-hybridized carbons (Fsp3) is 1.00. The molecular weight excluding hydrogens is 136 g/mol. The number of hydrogen-bond donors (Lipinski definition) is 2. The van der Waals surface area contributed by atoms with E-state index in [1.165, 1.54) is 0 Å². The number of epoxide rings is 1. The zero-order valence-corrected chi connectivity index (χ0v) is 5.65. The Labute approximate surface area is 58.4 Å². The summed E-state index contributed by atoms with van der Waals surface area (Å²) in [7, 11) is 0. The van der Waals surface area contributed by atoms with E-state index in [0.29, 0.717) is 0 Å². The van der Waals surface area contributed by atoms with Gasteiger partial charge in [0.15, 0.2) is 5.79 Å². The molecule has 0 bridgehead atoms. The third-order valence-electron chi connectivity index (χ3n) is 1.99. The fourth-order valence-corrected chi connectivity index (χ4v) is 1.42. The Morgan fingerprint density at radius 1 is 1.60 bits per heavy atom. The van der Waals surface area contributed by atoms with Crippen LogP contribution in [0.3, 0.4) is 0 Å². The Hall–Kier alpha value is -0.160. The monoisotopic (exact) mass is 146 g/mol. The maximum absolute atomic E-state index is 9.35. The lowest BCUT2D eigenvalue weighted by molar-refractivity contribution is -0.224. The van der Waals surface area contributed by atoms with Crippen molar-refractivity contribution in [2.24, 2.45) is 0 Å². The zero-order chi connectivity index (χ0) is 7.35. The second-order valence-corrected chi connectivity index (χ2v) is 2.91. The van der Waals surface area contributed by atoms with Crippen LogP contribution in [0, 0.1) is 0 Å². The van der Waals surface area contributed by atoms with Crippen LogP contribution in [-0.4, -0.2) is 40.9 Å². The van der Waals surface area contributed by atoms with E-state index >= 15 is 0 Å². The van der Waals surface area contributed by atoms with Crippen molar-refractivity contribution in [2.75, 3.05) is 6.61 Å². The Bertz CT molecular complexity index is 156. The lowest BCUT2D eigenvalue weighted by atomic mass is 10.2. The molecular formula is C6H10O4. The van der Waals surface area contributed by atoms with Gasteiger partial charge in [-0.15, -0.1) is 0 Å². The molecule has 58 valence electrons. The van der Waals surface area contributed by atoms with Crippen molar-refractivity contribution in [1.29, 1.82) is 0 Å². The molecule has 4 atom stereocenters. The number of hydrogen-bond acceptors (Lipinski definition) is 4. The molecule has 0 radical (unpaired) electrons. The van der Waals surface area contributed by atoms with Gasteiger partial charge in [0.2, 0.25) is 0 Å². The molecule has 2 N–H and O–H groups in total. The smallest absolute Gasteiger partial charge is 0.192 e. The normalized spacial score (nSPS) is 58.5. The molecule has 4 heteroatoms. The first-order chi connectivity index (χ1) is 4.65. The van der Waals surface area contributed by atoms with Crippen molar-refractivity contribution in [3.05, 3.63) is 0 Å². The number of fused-ring (bicyclic) bond motifs is 1. The van der Waals surface area contributed by atoms with Crippen molar-refractivity contribution in [3.63, 3.8) is 0 Å². The van der Waals surface area contributed by atoms with Crippen LogP contribution in [0.25, 0.3) is 0 Å². The van der Waals surface area contributed by atoms with Crippen LogP contribution >= 0.6 is 0 Å². The van der Waals surface area contributed by atoms with Gasteiger partial charge in [-0.1, -0.05) is 0 Å². The maximum Gasteiger partial charge on any atom is 0.192 e. The summed E-state index contributed by atoms with van der Waals surface area (Å²) < 4.78 is 10.1. The summed E-state index contributed by atoms with van der Waals surface area (Å²) in [5.41, 5.74) is 0. The molecule has 10 heavy (non-hydrogen) atoms. The summed E-state index contributed by atoms with van der Waals surface area (Å²) in [4.78, 5) is 0. The van der Waals surface area contributed by atoms with Crippen molar-refractivity contribution in [2.45, 2.75) is 31.0 Å². The van der Waals surface area contributed by atoms with Crippen LogP contribution in [0.2, 0.25) is 0 Å². The fourth-order valence-electron chi connectivity index (χ4n) is 1.42. The van der Waals surface area contributed by atoms with Gasteiger partial charge in [-0.05, 0) is 6.92 Å². The van der Waals surface area contributed by atoms with Crippen LogP contribution < -0.4 is 0 Å². The first-order valence-corrected chi connectivity index (χ1v) is 3.31. The minimum Gasteiger partial charge on any atom is -0.394 e. The standard InChI is InChI=1S/C6H10O4/c1-6(8)5-4(9-5)3(2-7)10-6/h3-5,7-8H,2H2,1H3/t3-,4-,5-,6-/m1/s1. The highest BCUT2D eigenvalue weighted by atomic mass is 16.7. The van der Waals surface area contributed by atoms with E-state index in [9.17, 15) is 5.11 Å². The van der Waals surface area contributed by atoms with E-state index in [1.807, 2.05) is 0 Å². The quantitative estimate of drug-likeness (QED) is 0.459. The molecule has 2 rings (SSSR count). The van der Waals surface area contributed by atoms with E-state index in [1.54, 1.807) is 6.92 Å². The summed E-state index contributed by atoms with van der Waals surface area (Å²) in [5.74, 6) is -1.18. The van der Waals surface area contributed by atoms with Gasteiger partial charge in [0.05, 0.1) is 6.61 Å². The van der Waals surface area contributed by atoms with E-state index in [0.717, 1.165) is 0 Å². The molecule has 0 saturated carbocycles. The predicted molar refractivity (Wildman–Crippen MR) is 31.2 cm³/mol. The van der Waals surface area contributed by atoms with Gasteiger partial charge in [0.1, 0.15) is 18.3 Å². The molecule has 0 aromatic carbocycles. The Balaban J connectivity index is 2.09. The summed E-state index contributed by atoms with van der Waals surface area (Å²) in [6.07, 6.45) is -0.635. The van der Waals surface area contributed by atoms with Gasteiger partial charge < -0.3 is 19.7 Å². The molecule has 2 heterocycles. The summed E-state index contributed by atoms with van der Waals surface area (Å²) in [5, 5.41) is 18.0. The van der Waals surface area contributed by atoms with Crippen molar-refractivity contribution < 1.29 is 19.7 Å². The second-order valence-electron chi connectivity index (χ2n) is 2.91. The van der Waals surface area contributed by atoms with Crippen molar-refractivity contribution >= 4 is 0 Å². The highest BCUT2D eigenvalue weighted by molar-refractivity contribution is 5.05. The second kappa shape index (κ2) is 1.71. The Morgan fingerprint density at radius 3 is 2.50 bits per heavy atom. The van der Waals surface area contributed by atoms with E-state index in [-0.39, 0.29) is 24.9 Å². The predicted octanol–water partition coefficient (Wildman–Crippen LogP) is -1.15. The van der Waals surface area contributed by atoms with Crippen LogP contribution in [0.15, 0.2) is 0 Å². The van der Waals surface area contributed by atoms with E-state index in [2.05, 4.69) is 0 Å². The minimum atomic E-state index is -1.18. The average Bonchev–Trinajstić information content (AvgIpc) is 2.57. The third kappa shape index (κ3) is 0.703. The molecule has 0 unspecified atom stereocenters. The lowest BCUT2D eigenvalue weighted by Crippen LogP contribution is -2.33. The van der Waals surface area contributed by atoms with Gasteiger partial charge in [0.25, 0.3) is 0 Å². The topological polar surface area (TPSA) is 62.2 Å². The lowest BCUT2D eigenvalue weighted by Gasteiger charge is -2.20. The molecule has 0 aromatic heterocycles. The Kier molecular flexibility index (Phi) is 1.12. The minimum absolute atomic E-state index is 0.0833. The first-order valence-electron chi connectivity index (χ1n) is 3.31. The van der Waals surface area contributed by atoms with E-state index in [4.69, 9.17) is 14.6 Å². The van der Waals surface area contributed by atoms with Crippen LogP contribution in [0.1, 0.15) is 6.92 Å². The summed E-state index contributed by atoms with van der Waals surface area (Å²) in [6, 6.07) is 0. The SMILES string of the molecule is C[C@@]1(O)O[C@H](CO)[C@H]2O[C@H]21. The van der Waals surface area contributed by atoms with Gasteiger partial charge in [0, 0.05) is 0 Å². The van der Waals surface area contributed by atoms with Gasteiger partial charge in [-0.3, -0.25) is 0 Å². The first kappa shape index (κ1) is 6.54. The Morgan fingerprint density at radius 2 is 2.30 bits per heavy atom. The average molecular weight is 146 g/mol. The van der Waals surface area contributed by atoms with Gasteiger partial charge >= 0.3 is 0 Å². The van der Waals surface area contributed by atoms with Crippen molar-refractivity contribution in [3.8, 4) is 0 Å². The van der Waals surface area contributed by atoms with E-state index < -0.39 is 5.79 Å². The highest BCUT2D eigenvalue weighted by Crippen LogP contribution is 2.44. The molecule has 2 aliphatic heterocycles. The van der Waals surface area contributed by atoms with Crippen LogP contribution in [-0.2, 0) is 9.47 Å². The molecule has 0 spiro atoms. The number of ether oxygens (including phenoxy) is 2. The highest BCUT2D eigenvalue weighted by Gasteiger charge is 2.63. The maximum atomic E-state index is 9.35. The van der Waals surface area contributed by atoms with Gasteiger partial charge in [-0.2, -0.15) is 0 Å². The number of aliphatic hydroxyl groups is 2. The molecule has 0 amide bonds. The van der Waals surface area contributed by atoms with Crippen molar-refractivity contribution in [1.82, 2.24) is 0 Å². The molecule has 4 nitrogen and oxygen atoms in total. The van der Waals surface area contributed by atoms with Crippen LogP contribution in [0.4, 0.5) is 0 Å². The third-order valence-corrected chi connectivity index (χ3v) is 1.99. The number of aliphatic hydroxyl groups excluding tert-OH is 1. The molecule has 0 aromatic rings. The molecule has 2 fully saturated rings. The van der Waals surface area contributed by atoms with Gasteiger partial charge in [-0.25, -0.2) is 0 Å².